The number of nitriles is 1. The number of aromatic nitrogens is 2. The minimum absolute atomic E-state index is 0.0639. The first-order chi connectivity index (χ1) is 8.60. The van der Waals surface area contributed by atoms with E-state index in [-0.39, 0.29) is 17.6 Å². The molecule has 0 saturated heterocycles. The second kappa shape index (κ2) is 5.19. The Labute approximate surface area is 104 Å². The van der Waals surface area contributed by atoms with Crippen LogP contribution in [0.4, 0.5) is 0 Å². The maximum atomic E-state index is 11.6. The topological polar surface area (TPSA) is 98.9 Å². The van der Waals surface area contributed by atoms with Crippen LogP contribution in [0.2, 0.25) is 0 Å². The van der Waals surface area contributed by atoms with Gasteiger partial charge in [-0.15, -0.1) is 0 Å². The van der Waals surface area contributed by atoms with E-state index >= 15 is 0 Å². The highest BCUT2D eigenvalue weighted by atomic mass is 16.3. The summed E-state index contributed by atoms with van der Waals surface area (Å²) in [5.41, 5.74) is -1.22. The average molecular weight is 249 g/mol. The molecule has 0 radical (unpaired) electrons. The van der Waals surface area contributed by atoms with E-state index in [1.807, 2.05) is 0 Å². The maximum absolute atomic E-state index is 11.6. The van der Waals surface area contributed by atoms with Crippen molar-refractivity contribution >= 4 is 0 Å². The summed E-state index contributed by atoms with van der Waals surface area (Å²) in [6.45, 7) is 0.432. The van der Waals surface area contributed by atoms with Crippen LogP contribution in [0.25, 0.3) is 0 Å². The summed E-state index contributed by atoms with van der Waals surface area (Å²) < 4.78 is 1.35. The summed E-state index contributed by atoms with van der Waals surface area (Å²) >= 11 is 0. The van der Waals surface area contributed by atoms with Crippen LogP contribution in [0.1, 0.15) is 31.2 Å². The molecule has 0 bridgehead atoms. The zero-order chi connectivity index (χ0) is 13.1. The Bertz CT molecular complexity index is 581. The lowest BCUT2D eigenvalue weighted by atomic mass is 9.87. The molecule has 1 aromatic heterocycles. The number of rotatable bonds is 2. The Morgan fingerprint density at radius 3 is 2.94 bits per heavy atom. The molecule has 1 aliphatic rings. The van der Waals surface area contributed by atoms with Crippen LogP contribution in [0.3, 0.4) is 0 Å². The smallest absolute Gasteiger partial charge is 0.328 e. The van der Waals surface area contributed by atoms with Crippen LogP contribution in [-0.2, 0) is 6.54 Å². The predicted octanol–water partition coefficient (Wildman–Crippen LogP) is -0.0406. The maximum Gasteiger partial charge on any atom is 0.328 e. The summed E-state index contributed by atoms with van der Waals surface area (Å²) in [5, 5.41) is 18.3. The van der Waals surface area contributed by atoms with Crippen molar-refractivity contribution in [1.29, 1.82) is 5.26 Å². The van der Waals surface area contributed by atoms with Crippen molar-refractivity contribution in [2.45, 2.75) is 38.3 Å². The van der Waals surface area contributed by atoms with E-state index in [4.69, 9.17) is 5.26 Å². The number of H-pyrrole nitrogens is 1. The Morgan fingerprint density at radius 2 is 2.28 bits per heavy atom. The van der Waals surface area contributed by atoms with Crippen LogP contribution in [0.5, 0.6) is 0 Å². The van der Waals surface area contributed by atoms with Crippen LogP contribution < -0.4 is 11.2 Å². The molecular weight excluding hydrogens is 234 g/mol. The number of nitrogens with zero attached hydrogens (tertiary/aromatic N) is 2. The van der Waals surface area contributed by atoms with Gasteiger partial charge in [-0.3, -0.25) is 14.3 Å². The molecule has 6 heteroatoms. The van der Waals surface area contributed by atoms with Crippen LogP contribution >= 0.6 is 0 Å². The molecule has 2 rings (SSSR count). The summed E-state index contributed by atoms with van der Waals surface area (Å²) in [6, 6.07) is 1.76. The normalized spacial score (nSPS) is 23.6. The van der Waals surface area contributed by atoms with Gasteiger partial charge in [0.25, 0.3) is 5.56 Å². The van der Waals surface area contributed by atoms with Crippen molar-refractivity contribution in [2.24, 2.45) is 5.92 Å². The lowest BCUT2D eigenvalue weighted by Crippen LogP contribution is -2.34. The van der Waals surface area contributed by atoms with Crippen molar-refractivity contribution < 1.29 is 5.11 Å². The van der Waals surface area contributed by atoms with E-state index < -0.39 is 11.2 Å². The van der Waals surface area contributed by atoms with E-state index in [0.29, 0.717) is 13.0 Å². The molecule has 1 aromatic rings. The van der Waals surface area contributed by atoms with E-state index in [1.165, 1.54) is 10.8 Å². The molecular formula is C12H15N3O3. The van der Waals surface area contributed by atoms with E-state index in [0.717, 1.165) is 19.3 Å². The number of aliphatic hydroxyl groups excluding tert-OH is 1. The van der Waals surface area contributed by atoms with Gasteiger partial charge in [0.15, 0.2) is 0 Å². The van der Waals surface area contributed by atoms with Gasteiger partial charge in [-0.05, 0) is 25.2 Å². The average Bonchev–Trinajstić information content (AvgIpc) is 2.33. The lowest BCUT2D eigenvalue weighted by Gasteiger charge is -2.26. The molecule has 0 amide bonds. The minimum atomic E-state index is -0.651. The number of hydrogen-bond donors (Lipinski definition) is 2. The molecule has 6 nitrogen and oxygen atoms in total. The fourth-order valence-corrected chi connectivity index (χ4v) is 2.43. The summed E-state index contributed by atoms with van der Waals surface area (Å²) in [4.78, 5) is 25.0. The van der Waals surface area contributed by atoms with Gasteiger partial charge in [-0.25, -0.2) is 4.79 Å². The Kier molecular flexibility index (Phi) is 3.63. The fraction of sp³-hybridized carbons (Fsp3) is 0.583. The molecule has 18 heavy (non-hydrogen) atoms. The third-order valence-corrected chi connectivity index (χ3v) is 3.34. The molecule has 0 aromatic carbocycles. The van der Waals surface area contributed by atoms with Crippen molar-refractivity contribution in [3.63, 3.8) is 0 Å². The number of aromatic amines is 1. The van der Waals surface area contributed by atoms with E-state index in [9.17, 15) is 14.7 Å². The first-order valence-electron chi connectivity index (χ1n) is 6.02. The van der Waals surface area contributed by atoms with Gasteiger partial charge in [-0.2, -0.15) is 5.26 Å². The Hall–Kier alpha value is -1.87. The number of aliphatic hydroxyl groups is 1. The molecule has 2 atom stereocenters. The quantitative estimate of drug-likeness (QED) is 0.768. The minimum Gasteiger partial charge on any atom is -0.393 e. The predicted molar refractivity (Wildman–Crippen MR) is 64.0 cm³/mol. The SMILES string of the molecule is N#Cc1cn(CC2CCCC(O)C2)c(=O)[nH]c1=O. The van der Waals surface area contributed by atoms with Crippen molar-refractivity contribution in [3.05, 3.63) is 32.6 Å². The number of nitrogens with one attached hydrogen (secondary N) is 1. The molecule has 1 fully saturated rings. The van der Waals surface area contributed by atoms with Gasteiger partial charge in [-0.1, -0.05) is 6.42 Å². The van der Waals surface area contributed by atoms with Crippen molar-refractivity contribution in [3.8, 4) is 6.07 Å². The zero-order valence-corrected chi connectivity index (χ0v) is 9.93. The summed E-state index contributed by atoms with van der Waals surface area (Å²) in [5.74, 6) is 0.212. The highest BCUT2D eigenvalue weighted by molar-refractivity contribution is 5.21. The van der Waals surface area contributed by atoms with Gasteiger partial charge >= 0.3 is 5.69 Å². The molecule has 1 aliphatic carbocycles. The molecule has 1 heterocycles. The molecule has 1 saturated carbocycles. The van der Waals surface area contributed by atoms with Crippen LogP contribution in [0, 0.1) is 17.2 Å². The molecule has 0 spiro atoms. The molecule has 96 valence electrons. The molecule has 2 N–H and O–H groups in total. The van der Waals surface area contributed by atoms with Crippen LogP contribution in [0.15, 0.2) is 15.8 Å². The second-order valence-corrected chi connectivity index (χ2v) is 4.75. The number of hydrogen-bond acceptors (Lipinski definition) is 4. The van der Waals surface area contributed by atoms with Gasteiger partial charge in [0.1, 0.15) is 11.6 Å². The standard InChI is InChI=1S/C12H15N3O3/c13-5-9-7-15(12(18)14-11(9)17)6-8-2-1-3-10(16)4-8/h7-8,10,16H,1-4,6H2,(H,14,17,18). The first-order valence-corrected chi connectivity index (χ1v) is 6.02. The fourth-order valence-electron chi connectivity index (χ4n) is 2.43. The second-order valence-electron chi connectivity index (χ2n) is 4.75. The summed E-state index contributed by atoms with van der Waals surface area (Å²) in [6.07, 6.45) is 4.34. The largest absolute Gasteiger partial charge is 0.393 e. The van der Waals surface area contributed by atoms with Gasteiger partial charge < -0.3 is 5.11 Å². The Balaban J connectivity index is 2.21. The highest BCUT2D eigenvalue weighted by Gasteiger charge is 2.21. The van der Waals surface area contributed by atoms with E-state index in [2.05, 4.69) is 4.98 Å². The van der Waals surface area contributed by atoms with Crippen molar-refractivity contribution in [2.75, 3.05) is 0 Å². The van der Waals surface area contributed by atoms with Crippen LogP contribution in [-0.4, -0.2) is 20.8 Å². The third-order valence-electron chi connectivity index (χ3n) is 3.34. The van der Waals surface area contributed by atoms with Gasteiger partial charge in [0.2, 0.25) is 0 Å². The first kappa shape index (κ1) is 12.6. The van der Waals surface area contributed by atoms with Gasteiger partial charge in [0, 0.05) is 12.7 Å². The lowest BCUT2D eigenvalue weighted by molar-refractivity contribution is 0.0948. The highest BCUT2D eigenvalue weighted by Crippen LogP contribution is 2.25. The monoisotopic (exact) mass is 249 g/mol. The summed E-state index contributed by atoms with van der Waals surface area (Å²) in [7, 11) is 0. The zero-order valence-electron chi connectivity index (χ0n) is 9.93. The Morgan fingerprint density at radius 1 is 1.50 bits per heavy atom. The van der Waals surface area contributed by atoms with E-state index in [1.54, 1.807) is 6.07 Å². The van der Waals surface area contributed by atoms with Crippen molar-refractivity contribution in [1.82, 2.24) is 9.55 Å². The molecule has 0 aliphatic heterocycles. The molecule has 2 unspecified atom stereocenters. The van der Waals surface area contributed by atoms with Gasteiger partial charge in [0.05, 0.1) is 6.10 Å². The third kappa shape index (κ3) is 2.68.